The van der Waals surface area contributed by atoms with Crippen LogP contribution in [-0.2, 0) is 4.79 Å². The van der Waals surface area contributed by atoms with Gasteiger partial charge in [-0.05, 0) is 51.5 Å². The number of piperidine rings is 1. The highest BCUT2D eigenvalue weighted by molar-refractivity contribution is 5.86. The number of allylic oxidation sites excluding steroid dienone is 1. The first-order chi connectivity index (χ1) is 12.5. The van der Waals surface area contributed by atoms with Crippen molar-refractivity contribution in [3.05, 3.63) is 11.6 Å². The quantitative estimate of drug-likeness (QED) is 0.195. The van der Waals surface area contributed by atoms with Crippen LogP contribution in [0.3, 0.4) is 0 Å². The summed E-state index contributed by atoms with van der Waals surface area (Å²) in [7, 11) is 0. The normalized spacial score (nSPS) is 22.9. The van der Waals surface area contributed by atoms with Gasteiger partial charge in [0.25, 0.3) is 0 Å². The number of unbranched alkanes of at least 4 members (excludes halogenated alkanes) is 3. The van der Waals surface area contributed by atoms with E-state index in [0.29, 0.717) is 18.5 Å². The first-order valence-electron chi connectivity index (χ1n) is 10.2. The van der Waals surface area contributed by atoms with E-state index in [9.17, 15) is 9.90 Å². The average Bonchev–Trinajstić information content (AvgIpc) is 2.62. The fourth-order valence-electron chi connectivity index (χ4n) is 3.35. The third-order valence-electron chi connectivity index (χ3n) is 5.20. The fraction of sp³-hybridized carbons (Fsp3) is 0.800. The zero-order chi connectivity index (χ0) is 19.4. The van der Waals surface area contributed by atoms with Crippen LogP contribution in [0.1, 0.15) is 72.1 Å². The zero-order valence-electron chi connectivity index (χ0n) is 16.8. The highest BCUT2D eigenvalue weighted by Gasteiger charge is 2.21. The lowest BCUT2D eigenvalue weighted by Crippen LogP contribution is -2.45. The highest BCUT2D eigenvalue weighted by Crippen LogP contribution is 2.16. The van der Waals surface area contributed by atoms with Crippen LogP contribution in [0.2, 0.25) is 0 Å². The molecule has 26 heavy (non-hydrogen) atoms. The van der Waals surface area contributed by atoms with Crippen molar-refractivity contribution in [1.29, 1.82) is 0 Å². The molecule has 1 fully saturated rings. The van der Waals surface area contributed by atoms with Crippen LogP contribution < -0.4 is 16.4 Å². The number of nitrogens with two attached hydrogens (primary N) is 1. The summed E-state index contributed by atoms with van der Waals surface area (Å²) < 4.78 is 0. The van der Waals surface area contributed by atoms with Gasteiger partial charge in [0.2, 0.25) is 0 Å². The minimum Gasteiger partial charge on any atom is -0.479 e. The zero-order valence-corrected chi connectivity index (χ0v) is 16.8. The Morgan fingerprint density at radius 2 is 2.15 bits per heavy atom. The molecular formula is C20H38N4O2. The number of hydrogen-bond donors (Lipinski definition) is 4. The smallest absolute Gasteiger partial charge is 0.330 e. The largest absolute Gasteiger partial charge is 0.479 e. The van der Waals surface area contributed by atoms with Crippen molar-refractivity contribution in [1.82, 2.24) is 10.6 Å². The fourth-order valence-corrected chi connectivity index (χ4v) is 3.35. The molecule has 1 aliphatic heterocycles. The number of carboxylic acid groups (broad SMARTS) is 1. The Hall–Kier alpha value is -1.56. The minimum atomic E-state index is -0.921. The number of rotatable bonds is 11. The third-order valence-corrected chi connectivity index (χ3v) is 5.20. The predicted molar refractivity (Wildman–Crippen MR) is 108 cm³/mol. The molecule has 1 rings (SSSR count). The number of carbonyl (C=O) groups is 1. The van der Waals surface area contributed by atoms with Gasteiger partial charge < -0.3 is 21.5 Å². The molecule has 6 heteroatoms. The van der Waals surface area contributed by atoms with E-state index in [-0.39, 0.29) is 5.96 Å². The highest BCUT2D eigenvalue weighted by atomic mass is 16.4. The SMILES string of the molecule is CCCCCCC(=CC(NC(N)=NCC1CCCNC1C)C(=O)O)CC. The molecule has 0 aromatic heterocycles. The molecule has 1 heterocycles. The molecule has 0 spiro atoms. The molecule has 0 aromatic rings. The van der Waals surface area contributed by atoms with Crippen LogP contribution in [0.25, 0.3) is 0 Å². The van der Waals surface area contributed by atoms with Gasteiger partial charge in [-0.3, -0.25) is 4.99 Å². The molecule has 0 aliphatic carbocycles. The Morgan fingerprint density at radius 1 is 1.38 bits per heavy atom. The van der Waals surface area contributed by atoms with Crippen LogP contribution >= 0.6 is 0 Å². The Bertz CT molecular complexity index is 476. The lowest BCUT2D eigenvalue weighted by Gasteiger charge is -2.28. The summed E-state index contributed by atoms with van der Waals surface area (Å²) >= 11 is 0. The van der Waals surface area contributed by atoms with Crippen molar-refractivity contribution < 1.29 is 9.90 Å². The average molecular weight is 367 g/mol. The summed E-state index contributed by atoms with van der Waals surface area (Å²) in [5, 5.41) is 15.8. The number of hydrogen-bond acceptors (Lipinski definition) is 3. The van der Waals surface area contributed by atoms with Crippen molar-refractivity contribution >= 4 is 11.9 Å². The van der Waals surface area contributed by atoms with Crippen LogP contribution in [-0.4, -0.2) is 42.2 Å². The molecule has 0 aromatic carbocycles. The number of aliphatic imine (C=N–C) groups is 1. The molecular weight excluding hydrogens is 328 g/mol. The van der Waals surface area contributed by atoms with E-state index in [1.165, 1.54) is 24.8 Å². The van der Waals surface area contributed by atoms with Crippen molar-refractivity contribution in [2.75, 3.05) is 13.1 Å². The summed E-state index contributed by atoms with van der Waals surface area (Å²) in [6.45, 7) is 8.10. The second-order valence-corrected chi connectivity index (χ2v) is 7.32. The van der Waals surface area contributed by atoms with Gasteiger partial charge in [-0.1, -0.05) is 44.8 Å². The monoisotopic (exact) mass is 366 g/mol. The molecule has 6 nitrogen and oxygen atoms in total. The van der Waals surface area contributed by atoms with Gasteiger partial charge in [0.05, 0.1) is 0 Å². The molecule has 3 unspecified atom stereocenters. The number of guanidine groups is 1. The number of nitrogens with one attached hydrogen (secondary N) is 2. The molecule has 3 atom stereocenters. The first kappa shape index (κ1) is 22.5. The van der Waals surface area contributed by atoms with Crippen molar-refractivity contribution in [3.8, 4) is 0 Å². The Morgan fingerprint density at radius 3 is 2.77 bits per heavy atom. The maximum atomic E-state index is 11.6. The van der Waals surface area contributed by atoms with E-state index < -0.39 is 12.0 Å². The van der Waals surface area contributed by atoms with Gasteiger partial charge in [0.15, 0.2) is 5.96 Å². The van der Waals surface area contributed by atoms with Crippen LogP contribution in [0.5, 0.6) is 0 Å². The number of nitrogens with zero attached hydrogens (tertiary/aromatic N) is 1. The topological polar surface area (TPSA) is 99.7 Å². The van der Waals surface area contributed by atoms with Gasteiger partial charge in [0.1, 0.15) is 6.04 Å². The third kappa shape index (κ3) is 8.70. The first-order valence-corrected chi connectivity index (χ1v) is 10.2. The molecule has 0 radical (unpaired) electrons. The van der Waals surface area contributed by atoms with Crippen LogP contribution in [0.15, 0.2) is 16.6 Å². The lowest BCUT2D eigenvalue weighted by molar-refractivity contribution is -0.137. The summed E-state index contributed by atoms with van der Waals surface area (Å²) in [5.74, 6) is -0.254. The van der Waals surface area contributed by atoms with E-state index in [0.717, 1.165) is 38.6 Å². The Balaban J connectivity index is 2.59. The second-order valence-electron chi connectivity index (χ2n) is 7.32. The molecule has 5 N–H and O–H groups in total. The maximum Gasteiger partial charge on any atom is 0.330 e. The van der Waals surface area contributed by atoms with Crippen molar-refractivity contribution in [2.24, 2.45) is 16.6 Å². The molecule has 0 bridgehead atoms. The minimum absolute atomic E-state index is 0.216. The second kappa shape index (κ2) is 12.7. The molecule has 150 valence electrons. The maximum absolute atomic E-state index is 11.6. The van der Waals surface area contributed by atoms with Gasteiger partial charge >= 0.3 is 5.97 Å². The van der Waals surface area contributed by atoms with E-state index in [4.69, 9.17) is 5.73 Å². The summed E-state index contributed by atoms with van der Waals surface area (Å²) in [6.07, 6.45) is 10.6. The Labute approximate surface area is 158 Å². The van der Waals surface area contributed by atoms with E-state index in [2.05, 4.69) is 36.4 Å². The number of aliphatic carboxylic acids is 1. The van der Waals surface area contributed by atoms with Gasteiger partial charge in [-0.2, -0.15) is 0 Å². The number of carboxylic acids is 1. The van der Waals surface area contributed by atoms with Gasteiger partial charge in [0, 0.05) is 12.6 Å². The lowest BCUT2D eigenvalue weighted by atomic mass is 9.92. The van der Waals surface area contributed by atoms with Gasteiger partial charge in [-0.25, -0.2) is 4.79 Å². The summed E-state index contributed by atoms with van der Waals surface area (Å²) in [4.78, 5) is 16.0. The van der Waals surface area contributed by atoms with Gasteiger partial charge in [-0.15, -0.1) is 0 Å². The summed E-state index contributed by atoms with van der Waals surface area (Å²) in [6, 6.07) is -0.396. The van der Waals surface area contributed by atoms with Crippen molar-refractivity contribution in [3.63, 3.8) is 0 Å². The summed E-state index contributed by atoms with van der Waals surface area (Å²) in [5.41, 5.74) is 7.12. The Kier molecular flexibility index (Phi) is 11.0. The predicted octanol–water partition coefficient (Wildman–Crippen LogP) is 3.04. The standard InChI is InChI=1S/C20H38N4O2/c1-4-6-7-8-10-16(5-2)13-18(19(25)26)24-20(21)23-14-17-11-9-12-22-15(17)3/h13,15,17-18,22H,4-12,14H2,1-3H3,(H,25,26)(H3,21,23,24). The molecule has 1 saturated heterocycles. The van der Waals surface area contributed by atoms with E-state index >= 15 is 0 Å². The van der Waals surface area contributed by atoms with E-state index in [1.54, 1.807) is 6.08 Å². The molecule has 0 amide bonds. The van der Waals surface area contributed by atoms with Crippen LogP contribution in [0, 0.1) is 5.92 Å². The van der Waals surface area contributed by atoms with Crippen molar-refractivity contribution in [2.45, 2.75) is 84.2 Å². The van der Waals surface area contributed by atoms with Crippen LogP contribution in [0.4, 0.5) is 0 Å². The molecule has 1 aliphatic rings. The molecule has 0 saturated carbocycles. The van der Waals surface area contributed by atoms with E-state index in [1.807, 2.05) is 0 Å².